The summed E-state index contributed by atoms with van der Waals surface area (Å²) in [5, 5.41) is 5.37. The van der Waals surface area contributed by atoms with Crippen LogP contribution in [0, 0.1) is 6.92 Å². The van der Waals surface area contributed by atoms with E-state index in [0.717, 1.165) is 5.56 Å². The minimum absolute atomic E-state index is 0.0402. The molecule has 2 N–H and O–H groups in total. The molecule has 8 nitrogen and oxygen atoms in total. The quantitative estimate of drug-likeness (QED) is 0.702. The van der Waals surface area contributed by atoms with Crippen molar-refractivity contribution in [1.82, 2.24) is 10.6 Å². The predicted octanol–water partition coefficient (Wildman–Crippen LogP) is 2.89. The van der Waals surface area contributed by atoms with E-state index >= 15 is 0 Å². The normalized spacial score (nSPS) is 19.7. The topological polar surface area (TPSA) is 107 Å². The van der Waals surface area contributed by atoms with Crippen molar-refractivity contribution < 1.29 is 28.3 Å². The van der Waals surface area contributed by atoms with E-state index in [9.17, 15) is 14.4 Å². The number of rotatable bonds is 7. The molecule has 3 atom stereocenters. The van der Waals surface area contributed by atoms with Crippen LogP contribution < -0.4 is 15.4 Å². The van der Waals surface area contributed by atoms with Gasteiger partial charge in [-0.3, -0.25) is 9.59 Å². The molecule has 3 rings (SSSR count). The average molecular weight is 428 g/mol. The molecule has 2 heterocycles. The minimum Gasteiger partial charge on any atom is -0.466 e. The zero-order valence-electron chi connectivity index (χ0n) is 18.1. The lowest BCUT2D eigenvalue weighted by atomic mass is 9.79. The van der Waals surface area contributed by atoms with Crippen LogP contribution in [0.1, 0.15) is 38.5 Å². The lowest BCUT2D eigenvalue weighted by molar-refractivity contribution is -0.127. The van der Waals surface area contributed by atoms with Crippen molar-refractivity contribution in [3.63, 3.8) is 0 Å². The van der Waals surface area contributed by atoms with E-state index in [-0.39, 0.29) is 18.1 Å². The van der Waals surface area contributed by atoms with Gasteiger partial charge in [-0.25, -0.2) is 4.79 Å². The van der Waals surface area contributed by atoms with Crippen LogP contribution in [-0.2, 0) is 19.7 Å². The van der Waals surface area contributed by atoms with Gasteiger partial charge < -0.3 is 24.5 Å². The summed E-state index contributed by atoms with van der Waals surface area (Å²) < 4.78 is 15.7. The van der Waals surface area contributed by atoms with Crippen molar-refractivity contribution in [2.75, 3.05) is 6.61 Å². The van der Waals surface area contributed by atoms with Gasteiger partial charge in [-0.1, -0.05) is 44.2 Å². The Bertz CT molecular complexity index is 937. The largest absolute Gasteiger partial charge is 0.466 e. The summed E-state index contributed by atoms with van der Waals surface area (Å²) in [6.07, 6.45) is 0.488. The summed E-state index contributed by atoms with van der Waals surface area (Å²) in [7, 11) is 0. The van der Waals surface area contributed by atoms with E-state index in [1.165, 1.54) is 12.3 Å². The van der Waals surface area contributed by atoms with Crippen LogP contribution in [-0.4, -0.2) is 42.6 Å². The molecule has 8 heteroatoms. The Labute approximate surface area is 181 Å². The number of Topliss-reactive ketones (excluding diaryl/α,β-unsaturated/α-hetero) is 1. The Morgan fingerprint density at radius 1 is 1.23 bits per heavy atom. The third-order valence-electron chi connectivity index (χ3n) is 5.49. The van der Waals surface area contributed by atoms with E-state index in [4.69, 9.17) is 13.9 Å². The predicted molar refractivity (Wildman–Crippen MR) is 113 cm³/mol. The van der Waals surface area contributed by atoms with Crippen molar-refractivity contribution in [3.05, 3.63) is 54.0 Å². The number of ketones is 1. The van der Waals surface area contributed by atoms with Gasteiger partial charge in [-0.05, 0) is 31.2 Å². The zero-order valence-corrected chi connectivity index (χ0v) is 18.1. The molecule has 1 fully saturated rings. The lowest BCUT2D eigenvalue weighted by Crippen LogP contribution is -2.54. The smallest absolute Gasteiger partial charge is 0.413 e. The third kappa shape index (κ3) is 5.52. The molecule has 1 aromatic carbocycles. The molecule has 0 unspecified atom stereocenters. The standard InChI is InChI=1S/C23H28N2O6/c1-14-19(10-11-29-14)31-22(28)24-17(12-23(3,4)16-8-6-5-7-9-16)21(27)25-20-15(2)30-13-18(20)26/h5-11,15,17,20H,12-13H2,1-4H3,(H,24,28)(H,25,27)/t15-,17-,20-/m0/s1. The summed E-state index contributed by atoms with van der Waals surface area (Å²) >= 11 is 0. The summed E-state index contributed by atoms with van der Waals surface area (Å²) in [5.41, 5.74) is 0.575. The molecule has 1 saturated heterocycles. The number of amides is 2. The summed E-state index contributed by atoms with van der Waals surface area (Å²) in [4.78, 5) is 37.7. The molecular formula is C23H28N2O6. The highest BCUT2D eigenvalue weighted by molar-refractivity contribution is 5.94. The highest BCUT2D eigenvalue weighted by atomic mass is 16.6. The van der Waals surface area contributed by atoms with Gasteiger partial charge >= 0.3 is 6.09 Å². The number of hydrogen-bond acceptors (Lipinski definition) is 6. The van der Waals surface area contributed by atoms with Gasteiger partial charge in [-0.15, -0.1) is 0 Å². The molecule has 31 heavy (non-hydrogen) atoms. The minimum atomic E-state index is -0.935. The van der Waals surface area contributed by atoms with Crippen LogP contribution in [0.3, 0.4) is 0 Å². The Kier molecular flexibility index (Phi) is 6.80. The molecule has 2 amide bonds. The van der Waals surface area contributed by atoms with Crippen LogP contribution in [0.25, 0.3) is 0 Å². The van der Waals surface area contributed by atoms with Gasteiger partial charge in [0.05, 0.1) is 12.4 Å². The Morgan fingerprint density at radius 2 is 1.94 bits per heavy atom. The number of ether oxygens (including phenoxy) is 2. The Balaban J connectivity index is 1.77. The van der Waals surface area contributed by atoms with Crippen molar-refractivity contribution >= 4 is 17.8 Å². The zero-order chi connectivity index (χ0) is 22.6. The molecule has 1 aliphatic heterocycles. The fourth-order valence-corrected chi connectivity index (χ4v) is 3.59. The molecule has 1 aromatic heterocycles. The van der Waals surface area contributed by atoms with Crippen LogP contribution in [0.15, 0.2) is 47.1 Å². The molecule has 0 spiro atoms. The van der Waals surface area contributed by atoms with Crippen LogP contribution in [0.5, 0.6) is 5.75 Å². The van der Waals surface area contributed by atoms with Crippen LogP contribution in [0.4, 0.5) is 4.79 Å². The van der Waals surface area contributed by atoms with E-state index in [0.29, 0.717) is 12.2 Å². The molecular weight excluding hydrogens is 400 g/mol. The maximum absolute atomic E-state index is 13.1. The molecule has 0 bridgehead atoms. The van der Waals surface area contributed by atoms with Crippen LogP contribution >= 0.6 is 0 Å². The van der Waals surface area contributed by atoms with Crippen molar-refractivity contribution in [1.29, 1.82) is 0 Å². The number of benzene rings is 1. The highest BCUT2D eigenvalue weighted by Crippen LogP contribution is 2.28. The first-order valence-electron chi connectivity index (χ1n) is 10.2. The van der Waals surface area contributed by atoms with Gasteiger partial charge in [0.15, 0.2) is 11.5 Å². The fourth-order valence-electron chi connectivity index (χ4n) is 3.59. The lowest BCUT2D eigenvalue weighted by Gasteiger charge is -2.30. The van der Waals surface area contributed by atoms with E-state index in [2.05, 4.69) is 10.6 Å². The molecule has 2 aromatic rings. The maximum atomic E-state index is 13.1. The van der Waals surface area contributed by atoms with E-state index in [1.54, 1.807) is 13.8 Å². The van der Waals surface area contributed by atoms with Gasteiger partial charge in [0.25, 0.3) is 0 Å². The molecule has 0 aliphatic carbocycles. The van der Waals surface area contributed by atoms with Crippen LogP contribution in [0.2, 0.25) is 0 Å². The first-order chi connectivity index (χ1) is 14.7. The second-order valence-electron chi connectivity index (χ2n) is 8.35. The molecule has 1 aliphatic rings. The summed E-state index contributed by atoms with van der Waals surface area (Å²) in [5.74, 6) is 0.0503. The average Bonchev–Trinajstić information content (AvgIpc) is 3.27. The highest BCUT2D eigenvalue weighted by Gasteiger charge is 2.37. The second-order valence-corrected chi connectivity index (χ2v) is 8.35. The molecule has 0 saturated carbocycles. The van der Waals surface area contributed by atoms with E-state index in [1.807, 2.05) is 44.2 Å². The van der Waals surface area contributed by atoms with Crippen molar-refractivity contribution in [3.8, 4) is 5.75 Å². The van der Waals surface area contributed by atoms with E-state index < -0.39 is 35.6 Å². The number of aryl methyl sites for hydroxylation is 1. The molecule has 166 valence electrons. The summed E-state index contributed by atoms with van der Waals surface area (Å²) in [6.45, 7) is 7.33. The number of nitrogens with one attached hydrogen (secondary N) is 2. The van der Waals surface area contributed by atoms with Crippen molar-refractivity contribution in [2.24, 2.45) is 0 Å². The molecule has 0 radical (unpaired) electrons. The first-order valence-corrected chi connectivity index (χ1v) is 10.2. The summed E-state index contributed by atoms with van der Waals surface area (Å²) in [6, 6.07) is 9.54. The number of carbonyl (C=O) groups is 3. The third-order valence-corrected chi connectivity index (χ3v) is 5.49. The number of hydrogen-bond donors (Lipinski definition) is 2. The SMILES string of the molecule is Cc1occc1OC(=O)N[C@@H](CC(C)(C)c1ccccc1)C(=O)N[C@@H]1C(=O)CO[C@H]1C. The second kappa shape index (κ2) is 9.34. The van der Waals surface area contributed by atoms with Crippen molar-refractivity contribution in [2.45, 2.75) is 57.7 Å². The number of carbonyl (C=O) groups excluding carboxylic acids is 3. The first kappa shape index (κ1) is 22.6. The monoisotopic (exact) mass is 428 g/mol. The van der Waals surface area contributed by atoms with Gasteiger partial charge in [-0.2, -0.15) is 0 Å². The number of furan rings is 1. The van der Waals surface area contributed by atoms with Gasteiger partial charge in [0.2, 0.25) is 5.91 Å². The Hall–Kier alpha value is -3.13. The fraction of sp³-hybridized carbons (Fsp3) is 0.435. The Morgan fingerprint density at radius 3 is 2.52 bits per heavy atom. The van der Waals surface area contributed by atoms with Gasteiger partial charge in [0.1, 0.15) is 24.5 Å². The van der Waals surface area contributed by atoms with Gasteiger partial charge in [0, 0.05) is 6.07 Å². The maximum Gasteiger partial charge on any atom is 0.413 e.